The van der Waals surface area contributed by atoms with Crippen LogP contribution >= 0.6 is 11.8 Å². The SMILES string of the molecule is Nc1ncnc2c1ncn2CCCSc1ccccc1F. The van der Waals surface area contributed by atoms with Crippen LogP contribution in [0.15, 0.2) is 41.8 Å². The minimum absolute atomic E-state index is 0.170. The lowest BCUT2D eigenvalue weighted by atomic mass is 10.3. The number of fused-ring (bicyclic) bond motifs is 1. The predicted octanol–water partition coefficient (Wildman–Crippen LogP) is 2.73. The molecule has 0 radical (unpaired) electrons. The summed E-state index contributed by atoms with van der Waals surface area (Å²) in [6, 6.07) is 6.81. The average Bonchev–Trinajstić information content (AvgIpc) is 2.90. The van der Waals surface area contributed by atoms with Gasteiger partial charge < -0.3 is 10.3 Å². The molecule has 0 bridgehead atoms. The number of nitrogen functional groups attached to an aromatic ring is 1. The van der Waals surface area contributed by atoms with Gasteiger partial charge in [-0.05, 0) is 24.3 Å². The summed E-state index contributed by atoms with van der Waals surface area (Å²) in [5.41, 5.74) is 7.10. The van der Waals surface area contributed by atoms with Crippen LogP contribution < -0.4 is 5.73 Å². The van der Waals surface area contributed by atoms with Gasteiger partial charge in [-0.15, -0.1) is 11.8 Å². The molecular formula is C14H14FN5S. The fourth-order valence-corrected chi connectivity index (χ4v) is 2.92. The molecule has 2 N–H and O–H groups in total. The van der Waals surface area contributed by atoms with Crippen LogP contribution in [0.5, 0.6) is 0 Å². The first-order chi connectivity index (χ1) is 10.3. The Kier molecular flexibility index (Phi) is 4.01. The molecule has 21 heavy (non-hydrogen) atoms. The van der Waals surface area contributed by atoms with Crippen molar-refractivity contribution in [3.63, 3.8) is 0 Å². The molecule has 0 aliphatic heterocycles. The third-order valence-electron chi connectivity index (χ3n) is 3.07. The lowest BCUT2D eigenvalue weighted by Gasteiger charge is -2.05. The quantitative estimate of drug-likeness (QED) is 0.580. The Labute approximate surface area is 125 Å². The normalized spacial score (nSPS) is 11.1. The van der Waals surface area contributed by atoms with E-state index in [2.05, 4.69) is 15.0 Å². The molecule has 2 heterocycles. The molecule has 0 spiro atoms. The summed E-state index contributed by atoms with van der Waals surface area (Å²) < 4.78 is 15.4. The van der Waals surface area contributed by atoms with Crippen LogP contribution in [0.1, 0.15) is 6.42 Å². The van der Waals surface area contributed by atoms with Crippen molar-refractivity contribution >= 4 is 28.7 Å². The molecule has 0 amide bonds. The van der Waals surface area contributed by atoms with Crippen molar-refractivity contribution in [2.24, 2.45) is 0 Å². The first-order valence-electron chi connectivity index (χ1n) is 6.54. The number of nitrogens with two attached hydrogens (primary N) is 1. The number of halogens is 1. The molecule has 7 heteroatoms. The molecule has 1 aromatic carbocycles. The third kappa shape index (κ3) is 2.97. The van der Waals surface area contributed by atoms with Crippen molar-refractivity contribution < 1.29 is 4.39 Å². The Bertz CT molecular complexity index is 758. The number of imidazole rings is 1. The van der Waals surface area contributed by atoms with E-state index in [0.717, 1.165) is 24.4 Å². The second-order valence-electron chi connectivity index (χ2n) is 4.50. The number of aromatic nitrogens is 4. The Hall–Kier alpha value is -2.15. The summed E-state index contributed by atoms with van der Waals surface area (Å²) in [4.78, 5) is 13.0. The van der Waals surface area contributed by atoms with Gasteiger partial charge in [0, 0.05) is 11.4 Å². The minimum Gasteiger partial charge on any atom is -0.382 e. The average molecular weight is 303 g/mol. The minimum atomic E-state index is -0.170. The molecule has 0 unspecified atom stereocenters. The zero-order chi connectivity index (χ0) is 14.7. The van der Waals surface area contributed by atoms with E-state index < -0.39 is 0 Å². The van der Waals surface area contributed by atoms with Crippen LogP contribution in [0.2, 0.25) is 0 Å². The topological polar surface area (TPSA) is 69.6 Å². The molecule has 0 atom stereocenters. The summed E-state index contributed by atoms with van der Waals surface area (Å²) in [5.74, 6) is 1.04. The van der Waals surface area contributed by atoms with E-state index >= 15 is 0 Å². The monoisotopic (exact) mass is 303 g/mol. The Morgan fingerprint density at radius 3 is 2.90 bits per heavy atom. The summed E-state index contributed by atoms with van der Waals surface area (Å²) in [7, 11) is 0. The van der Waals surface area contributed by atoms with Crippen LogP contribution in [0.4, 0.5) is 10.2 Å². The molecule has 5 nitrogen and oxygen atoms in total. The maximum absolute atomic E-state index is 13.5. The highest BCUT2D eigenvalue weighted by atomic mass is 32.2. The van der Waals surface area contributed by atoms with Gasteiger partial charge in [-0.25, -0.2) is 19.3 Å². The summed E-state index contributed by atoms with van der Waals surface area (Å²) in [5, 5.41) is 0. The number of hydrogen-bond acceptors (Lipinski definition) is 5. The van der Waals surface area contributed by atoms with Gasteiger partial charge in [-0.2, -0.15) is 0 Å². The zero-order valence-electron chi connectivity index (χ0n) is 11.2. The maximum atomic E-state index is 13.5. The number of hydrogen-bond donors (Lipinski definition) is 1. The van der Waals surface area contributed by atoms with E-state index in [-0.39, 0.29) is 5.82 Å². The molecule has 3 rings (SSSR count). The van der Waals surface area contributed by atoms with Gasteiger partial charge in [0.25, 0.3) is 0 Å². The second-order valence-corrected chi connectivity index (χ2v) is 5.64. The van der Waals surface area contributed by atoms with E-state index in [1.54, 1.807) is 18.5 Å². The predicted molar refractivity (Wildman–Crippen MR) is 81.5 cm³/mol. The molecule has 0 saturated heterocycles. The van der Waals surface area contributed by atoms with Crippen LogP contribution in [0.25, 0.3) is 11.2 Å². The maximum Gasteiger partial charge on any atom is 0.165 e. The van der Waals surface area contributed by atoms with Gasteiger partial charge in [0.15, 0.2) is 11.5 Å². The van der Waals surface area contributed by atoms with Gasteiger partial charge in [0.1, 0.15) is 17.7 Å². The van der Waals surface area contributed by atoms with Crippen molar-refractivity contribution in [2.45, 2.75) is 17.9 Å². The van der Waals surface area contributed by atoms with E-state index in [1.807, 2.05) is 10.6 Å². The van der Waals surface area contributed by atoms with Gasteiger partial charge in [-0.1, -0.05) is 12.1 Å². The molecule has 3 aromatic rings. The number of rotatable bonds is 5. The van der Waals surface area contributed by atoms with Crippen LogP contribution in [-0.4, -0.2) is 25.3 Å². The van der Waals surface area contributed by atoms with E-state index in [0.29, 0.717) is 16.2 Å². The van der Waals surface area contributed by atoms with Gasteiger partial charge in [0.2, 0.25) is 0 Å². The lowest BCUT2D eigenvalue weighted by Crippen LogP contribution is -2.00. The van der Waals surface area contributed by atoms with E-state index in [1.165, 1.54) is 24.2 Å². The van der Waals surface area contributed by atoms with Crippen LogP contribution in [0.3, 0.4) is 0 Å². The Balaban J connectivity index is 1.60. The van der Waals surface area contributed by atoms with Gasteiger partial charge >= 0.3 is 0 Å². The van der Waals surface area contributed by atoms with Crippen molar-refractivity contribution in [3.8, 4) is 0 Å². The zero-order valence-corrected chi connectivity index (χ0v) is 12.1. The molecule has 2 aromatic heterocycles. The first kappa shape index (κ1) is 13.8. The highest BCUT2D eigenvalue weighted by Gasteiger charge is 2.07. The molecule has 0 fully saturated rings. The standard InChI is InChI=1S/C14H14FN5S/c15-10-4-1-2-5-11(10)21-7-3-6-20-9-19-12-13(16)17-8-18-14(12)20/h1-2,4-5,8-9H,3,6-7H2,(H2,16,17,18). The van der Waals surface area contributed by atoms with Crippen molar-refractivity contribution in [1.29, 1.82) is 0 Å². The van der Waals surface area contributed by atoms with E-state index in [4.69, 9.17) is 5.73 Å². The molecule has 0 aliphatic carbocycles. The van der Waals surface area contributed by atoms with Gasteiger partial charge in [-0.3, -0.25) is 0 Å². The summed E-state index contributed by atoms with van der Waals surface area (Å²) >= 11 is 1.51. The number of anilines is 1. The summed E-state index contributed by atoms with van der Waals surface area (Å²) in [6.07, 6.45) is 4.03. The second kappa shape index (κ2) is 6.09. The Morgan fingerprint density at radius 2 is 2.05 bits per heavy atom. The fourth-order valence-electron chi connectivity index (χ4n) is 2.04. The third-order valence-corrected chi connectivity index (χ3v) is 4.20. The molecule has 108 valence electrons. The summed E-state index contributed by atoms with van der Waals surface area (Å²) in [6.45, 7) is 0.758. The van der Waals surface area contributed by atoms with Crippen LogP contribution in [-0.2, 0) is 6.54 Å². The highest BCUT2D eigenvalue weighted by Crippen LogP contribution is 2.22. The fraction of sp³-hybridized carbons (Fsp3) is 0.214. The lowest BCUT2D eigenvalue weighted by molar-refractivity contribution is 0.601. The van der Waals surface area contributed by atoms with Crippen molar-refractivity contribution in [2.75, 3.05) is 11.5 Å². The first-order valence-corrected chi connectivity index (χ1v) is 7.53. The Morgan fingerprint density at radius 1 is 1.19 bits per heavy atom. The van der Waals surface area contributed by atoms with Crippen molar-refractivity contribution in [1.82, 2.24) is 19.5 Å². The largest absolute Gasteiger partial charge is 0.382 e. The molecular weight excluding hydrogens is 289 g/mol. The molecule has 0 aliphatic rings. The smallest absolute Gasteiger partial charge is 0.165 e. The van der Waals surface area contributed by atoms with Crippen LogP contribution in [0, 0.1) is 5.82 Å². The number of benzene rings is 1. The van der Waals surface area contributed by atoms with Crippen molar-refractivity contribution in [3.05, 3.63) is 42.7 Å². The molecule has 0 saturated carbocycles. The number of aryl methyl sites for hydroxylation is 1. The highest BCUT2D eigenvalue weighted by molar-refractivity contribution is 7.99. The van der Waals surface area contributed by atoms with Gasteiger partial charge in [0.05, 0.1) is 6.33 Å². The number of thioether (sulfide) groups is 1. The van der Waals surface area contributed by atoms with E-state index in [9.17, 15) is 4.39 Å². The number of nitrogens with zero attached hydrogens (tertiary/aromatic N) is 4.